The number of hydrogen-bond donors (Lipinski definition) is 1. The quantitative estimate of drug-likeness (QED) is 0.585. The summed E-state index contributed by atoms with van der Waals surface area (Å²) < 4.78 is 5.43. The van der Waals surface area contributed by atoms with Crippen LogP contribution < -0.4 is 5.32 Å². The van der Waals surface area contributed by atoms with Crippen LogP contribution >= 0.6 is 22.7 Å². The van der Waals surface area contributed by atoms with Gasteiger partial charge in [-0.15, -0.1) is 11.3 Å². The molecule has 0 atom stereocenters. The first-order chi connectivity index (χ1) is 11.7. The highest BCUT2D eigenvalue weighted by Gasteiger charge is 2.11. The van der Waals surface area contributed by atoms with Crippen molar-refractivity contribution in [3.63, 3.8) is 0 Å². The van der Waals surface area contributed by atoms with Crippen molar-refractivity contribution in [3.8, 4) is 10.6 Å². The third-order valence-electron chi connectivity index (χ3n) is 3.44. The Bertz CT molecular complexity index is 1000. The molecule has 0 spiro atoms. The predicted molar refractivity (Wildman–Crippen MR) is 96.5 cm³/mol. The highest BCUT2D eigenvalue weighted by molar-refractivity contribution is 7.14. The molecule has 24 heavy (non-hydrogen) atoms. The Morgan fingerprint density at radius 3 is 3.00 bits per heavy atom. The summed E-state index contributed by atoms with van der Waals surface area (Å²) in [6, 6.07) is 7.45. The number of fused-ring (bicyclic) bond motifs is 1. The molecule has 0 radical (unpaired) electrons. The first kappa shape index (κ1) is 15.0. The number of aryl methyl sites for hydroxylation is 1. The Balaban J connectivity index is 1.45. The highest BCUT2D eigenvalue weighted by atomic mass is 32.1. The molecule has 4 rings (SSSR count). The molecule has 0 unspecified atom stereocenters. The van der Waals surface area contributed by atoms with Crippen LogP contribution in [0.1, 0.15) is 11.6 Å². The molecule has 1 amide bonds. The summed E-state index contributed by atoms with van der Waals surface area (Å²) in [6.45, 7) is 1.80. The molecule has 1 aromatic carbocycles. The van der Waals surface area contributed by atoms with Gasteiger partial charge in [-0.1, -0.05) is 0 Å². The molecule has 3 aromatic heterocycles. The number of rotatable bonds is 4. The van der Waals surface area contributed by atoms with Gasteiger partial charge in [-0.3, -0.25) is 4.79 Å². The minimum atomic E-state index is -0.100. The number of benzene rings is 1. The van der Waals surface area contributed by atoms with Crippen molar-refractivity contribution in [2.75, 3.05) is 5.32 Å². The molecule has 0 fully saturated rings. The van der Waals surface area contributed by atoms with E-state index in [0.717, 1.165) is 21.8 Å². The highest BCUT2D eigenvalue weighted by Crippen LogP contribution is 2.26. The van der Waals surface area contributed by atoms with Gasteiger partial charge >= 0.3 is 0 Å². The lowest BCUT2D eigenvalue weighted by molar-refractivity contribution is -0.115. The maximum Gasteiger partial charge on any atom is 0.230 e. The Hall–Kier alpha value is -2.51. The van der Waals surface area contributed by atoms with Crippen LogP contribution in [0.25, 0.3) is 21.7 Å². The molecule has 120 valence electrons. The minimum absolute atomic E-state index is 0.100. The summed E-state index contributed by atoms with van der Waals surface area (Å²) in [7, 11) is 0. The summed E-state index contributed by atoms with van der Waals surface area (Å²) in [4.78, 5) is 21.0. The Morgan fingerprint density at radius 2 is 2.17 bits per heavy atom. The van der Waals surface area contributed by atoms with E-state index in [1.165, 1.54) is 0 Å². The summed E-state index contributed by atoms with van der Waals surface area (Å²) >= 11 is 3.19. The number of hydrogen-bond acceptors (Lipinski definition) is 6. The lowest BCUT2D eigenvalue weighted by atomic mass is 10.2. The fourth-order valence-corrected chi connectivity index (χ4v) is 3.93. The molecule has 4 aromatic rings. The maximum absolute atomic E-state index is 12.2. The van der Waals surface area contributed by atoms with Crippen molar-refractivity contribution in [3.05, 3.63) is 52.0 Å². The normalized spacial score (nSPS) is 11.0. The van der Waals surface area contributed by atoms with Crippen LogP contribution in [0.15, 0.2) is 44.8 Å². The van der Waals surface area contributed by atoms with Crippen LogP contribution in [0.2, 0.25) is 0 Å². The lowest BCUT2D eigenvalue weighted by Crippen LogP contribution is -2.14. The monoisotopic (exact) mass is 355 g/mol. The first-order valence-electron chi connectivity index (χ1n) is 7.31. The number of amides is 1. The fraction of sp³-hybridized carbons (Fsp3) is 0.118. The standard InChI is InChI=1S/C17H13N3O2S2/c1-10-18-14-6-12(2-3-15(14)22-10)19-16(21)7-13-9-24-17(20-13)11-4-5-23-8-11/h2-6,8-9H,7H2,1H3,(H,19,21). The minimum Gasteiger partial charge on any atom is -0.441 e. The molecule has 0 aliphatic heterocycles. The lowest BCUT2D eigenvalue weighted by Gasteiger charge is -2.03. The number of thiazole rings is 1. The van der Waals surface area contributed by atoms with Crippen LogP contribution in [0.3, 0.4) is 0 Å². The van der Waals surface area contributed by atoms with Crippen molar-refractivity contribution in [1.82, 2.24) is 9.97 Å². The van der Waals surface area contributed by atoms with Gasteiger partial charge in [0.05, 0.1) is 12.1 Å². The number of carbonyl (C=O) groups excluding carboxylic acids is 1. The molecular weight excluding hydrogens is 342 g/mol. The van der Waals surface area contributed by atoms with Gasteiger partial charge in [0, 0.05) is 28.9 Å². The van der Waals surface area contributed by atoms with Gasteiger partial charge in [0.1, 0.15) is 10.5 Å². The Kier molecular flexibility index (Phi) is 3.87. The zero-order valence-electron chi connectivity index (χ0n) is 12.8. The number of carbonyl (C=O) groups is 1. The first-order valence-corrected chi connectivity index (χ1v) is 9.13. The van der Waals surface area contributed by atoms with E-state index >= 15 is 0 Å². The largest absolute Gasteiger partial charge is 0.441 e. The van der Waals surface area contributed by atoms with Crippen molar-refractivity contribution >= 4 is 45.4 Å². The van der Waals surface area contributed by atoms with Crippen LogP contribution in [0, 0.1) is 6.92 Å². The van der Waals surface area contributed by atoms with Crippen molar-refractivity contribution < 1.29 is 9.21 Å². The second-order valence-electron chi connectivity index (χ2n) is 5.30. The molecular formula is C17H13N3O2S2. The summed E-state index contributed by atoms with van der Waals surface area (Å²) in [5, 5.41) is 9.82. The molecule has 1 N–H and O–H groups in total. The fourth-order valence-electron chi connectivity index (χ4n) is 2.40. The summed E-state index contributed by atoms with van der Waals surface area (Å²) in [5.74, 6) is 0.508. The molecule has 0 saturated carbocycles. The topological polar surface area (TPSA) is 68.0 Å². The zero-order chi connectivity index (χ0) is 16.5. The Labute approximate surface area is 146 Å². The molecule has 5 nitrogen and oxygen atoms in total. The van der Waals surface area contributed by atoms with Gasteiger partial charge in [-0.2, -0.15) is 11.3 Å². The van der Waals surface area contributed by atoms with E-state index in [2.05, 4.69) is 20.7 Å². The predicted octanol–water partition coefficient (Wildman–Crippen LogP) is 4.50. The van der Waals surface area contributed by atoms with Crippen LogP contribution in [0.5, 0.6) is 0 Å². The van der Waals surface area contributed by atoms with Crippen LogP contribution in [-0.4, -0.2) is 15.9 Å². The average Bonchev–Trinajstić information content (AvgIpc) is 3.25. The molecule has 0 saturated heterocycles. The van der Waals surface area contributed by atoms with E-state index in [-0.39, 0.29) is 12.3 Å². The molecule has 3 heterocycles. The third kappa shape index (κ3) is 3.08. The molecule has 0 aliphatic carbocycles. The van der Waals surface area contributed by atoms with E-state index < -0.39 is 0 Å². The van der Waals surface area contributed by atoms with E-state index in [4.69, 9.17) is 4.42 Å². The number of thiophene rings is 1. The van der Waals surface area contributed by atoms with Gasteiger partial charge in [0.25, 0.3) is 0 Å². The van der Waals surface area contributed by atoms with E-state index in [0.29, 0.717) is 17.2 Å². The SMILES string of the molecule is Cc1nc2cc(NC(=O)Cc3csc(-c4ccsc4)n3)ccc2o1. The van der Waals surface area contributed by atoms with E-state index in [1.54, 1.807) is 29.6 Å². The zero-order valence-corrected chi connectivity index (χ0v) is 14.4. The number of anilines is 1. The number of oxazole rings is 1. The van der Waals surface area contributed by atoms with E-state index in [1.807, 2.05) is 35.0 Å². The second-order valence-corrected chi connectivity index (χ2v) is 6.93. The summed E-state index contributed by atoms with van der Waals surface area (Å²) in [6.07, 6.45) is 0.247. The van der Waals surface area contributed by atoms with E-state index in [9.17, 15) is 4.79 Å². The number of nitrogens with one attached hydrogen (secondary N) is 1. The smallest absolute Gasteiger partial charge is 0.230 e. The van der Waals surface area contributed by atoms with Gasteiger partial charge in [0.15, 0.2) is 11.5 Å². The molecule has 0 aliphatic rings. The van der Waals surface area contributed by atoms with Gasteiger partial charge in [-0.25, -0.2) is 9.97 Å². The second kappa shape index (κ2) is 6.18. The van der Waals surface area contributed by atoms with Crippen molar-refractivity contribution in [1.29, 1.82) is 0 Å². The van der Waals surface area contributed by atoms with Crippen molar-refractivity contribution in [2.24, 2.45) is 0 Å². The number of nitrogens with zero attached hydrogens (tertiary/aromatic N) is 2. The maximum atomic E-state index is 12.2. The van der Waals surface area contributed by atoms with Crippen LogP contribution in [-0.2, 0) is 11.2 Å². The van der Waals surface area contributed by atoms with Crippen LogP contribution in [0.4, 0.5) is 5.69 Å². The van der Waals surface area contributed by atoms with Gasteiger partial charge in [0.2, 0.25) is 5.91 Å². The van der Waals surface area contributed by atoms with Crippen molar-refractivity contribution in [2.45, 2.75) is 13.3 Å². The summed E-state index contributed by atoms with van der Waals surface area (Å²) in [5.41, 5.74) is 4.03. The molecule has 0 bridgehead atoms. The van der Waals surface area contributed by atoms with Gasteiger partial charge in [-0.05, 0) is 29.6 Å². The number of aromatic nitrogens is 2. The van der Waals surface area contributed by atoms with Gasteiger partial charge < -0.3 is 9.73 Å². The third-order valence-corrected chi connectivity index (χ3v) is 5.06. The average molecular weight is 355 g/mol. The Morgan fingerprint density at radius 1 is 1.25 bits per heavy atom. The molecule has 7 heteroatoms.